The number of carboxylic acids is 1. The summed E-state index contributed by atoms with van der Waals surface area (Å²) in [5.41, 5.74) is 0.806. The maximum absolute atomic E-state index is 11.0. The highest BCUT2D eigenvalue weighted by Gasteiger charge is 2.18. The van der Waals surface area contributed by atoms with Crippen LogP contribution in [-0.2, 0) is 16.0 Å². The standard InChI is InChI=1S/C15H17NO4/c1-3-4-9-20-13-7-5-12(6-8-13)10-14(15(18)19)16-11(2)17/h5-8,14H,9-10H2,1-2H3,(H,16,17)(H,18,19)/t14-/m0/s1. The zero-order chi connectivity index (χ0) is 15.0. The Hall–Kier alpha value is -2.48. The van der Waals surface area contributed by atoms with Crippen molar-refractivity contribution in [3.8, 4) is 17.6 Å². The molecule has 1 aromatic rings. The van der Waals surface area contributed by atoms with Gasteiger partial charge in [-0.1, -0.05) is 18.1 Å². The van der Waals surface area contributed by atoms with Crippen molar-refractivity contribution in [1.29, 1.82) is 0 Å². The molecule has 0 radical (unpaired) electrons. The lowest BCUT2D eigenvalue weighted by Crippen LogP contribution is -2.41. The number of rotatable bonds is 6. The molecular formula is C15H17NO4. The second-order valence-electron chi connectivity index (χ2n) is 4.15. The fraction of sp³-hybridized carbons (Fsp3) is 0.333. The van der Waals surface area contributed by atoms with Crippen molar-refractivity contribution in [2.24, 2.45) is 0 Å². The van der Waals surface area contributed by atoms with Gasteiger partial charge in [0.05, 0.1) is 0 Å². The van der Waals surface area contributed by atoms with Gasteiger partial charge in [-0.2, -0.15) is 0 Å². The van der Waals surface area contributed by atoms with Gasteiger partial charge < -0.3 is 15.2 Å². The fourth-order valence-electron chi connectivity index (χ4n) is 1.59. The Labute approximate surface area is 117 Å². The molecule has 106 valence electrons. The molecule has 0 aromatic heterocycles. The Kier molecular flexibility index (Phi) is 6.11. The van der Waals surface area contributed by atoms with Crippen LogP contribution in [0.3, 0.4) is 0 Å². The number of carbonyl (C=O) groups excluding carboxylic acids is 1. The SMILES string of the molecule is CC#CCOc1ccc(C[C@H](NC(C)=O)C(=O)O)cc1. The van der Waals surface area contributed by atoms with E-state index in [1.165, 1.54) is 6.92 Å². The third-order valence-corrected chi connectivity index (χ3v) is 2.53. The molecule has 0 unspecified atom stereocenters. The Morgan fingerprint density at radius 1 is 1.35 bits per heavy atom. The van der Waals surface area contributed by atoms with Crippen molar-refractivity contribution in [2.75, 3.05) is 6.61 Å². The molecule has 1 aromatic carbocycles. The average Bonchev–Trinajstić information content (AvgIpc) is 2.39. The van der Waals surface area contributed by atoms with Gasteiger partial charge in [0.2, 0.25) is 5.91 Å². The van der Waals surface area contributed by atoms with Crippen LogP contribution in [0.4, 0.5) is 0 Å². The Morgan fingerprint density at radius 3 is 2.50 bits per heavy atom. The summed E-state index contributed by atoms with van der Waals surface area (Å²) in [5, 5.41) is 11.4. The van der Waals surface area contributed by atoms with Gasteiger partial charge in [0.15, 0.2) is 0 Å². The first kappa shape index (κ1) is 15.6. The molecule has 5 heteroatoms. The number of carbonyl (C=O) groups is 2. The highest BCUT2D eigenvalue weighted by atomic mass is 16.5. The molecule has 0 fully saturated rings. The molecule has 5 nitrogen and oxygen atoms in total. The van der Waals surface area contributed by atoms with Gasteiger partial charge in [-0.3, -0.25) is 4.79 Å². The van der Waals surface area contributed by atoms with Crippen LogP contribution in [0.25, 0.3) is 0 Å². The van der Waals surface area contributed by atoms with Gasteiger partial charge in [0, 0.05) is 13.3 Å². The van der Waals surface area contributed by atoms with Crippen LogP contribution in [-0.4, -0.2) is 29.6 Å². The Morgan fingerprint density at radius 2 is 2.00 bits per heavy atom. The summed E-state index contributed by atoms with van der Waals surface area (Å²) < 4.78 is 5.36. The Bertz CT molecular complexity index is 525. The van der Waals surface area contributed by atoms with Crippen LogP contribution in [0.5, 0.6) is 5.75 Å². The van der Waals surface area contributed by atoms with E-state index < -0.39 is 12.0 Å². The lowest BCUT2D eigenvalue weighted by atomic mass is 10.1. The van der Waals surface area contributed by atoms with Crippen LogP contribution >= 0.6 is 0 Å². The molecule has 1 rings (SSSR count). The van der Waals surface area contributed by atoms with Gasteiger partial charge >= 0.3 is 5.97 Å². The molecule has 0 aliphatic heterocycles. The maximum Gasteiger partial charge on any atom is 0.326 e. The first-order valence-corrected chi connectivity index (χ1v) is 6.14. The van der Waals surface area contributed by atoms with Crippen molar-refractivity contribution in [2.45, 2.75) is 26.3 Å². The number of nitrogens with one attached hydrogen (secondary N) is 1. The molecule has 0 saturated heterocycles. The number of benzene rings is 1. The van der Waals surface area contributed by atoms with E-state index in [2.05, 4.69) is 17.2 Å². The Balaban J connectivity index is 2.64. The third-order valence-electron chi connectivity index (χ3n) is 2.53. The summed E-state index contributed by atoms with van der Waals surface area (Å²) >= 11 is 0. The molecule has 20 heavy (non-hydrogen) atoms. The smallest absolute Gasteiger partial charge is 0.326 e. The minimum atomic E-state index is -1.06. The maximum atomic E-state index is 11.0. The van der Waals surface area contributed by atoms with Crippen LogP contribution < -0.4 is 10.1 Å². The largest absolute Gasteiger partial charge is 0.481 e. The van der Waals surface area contributed by atoms with Gasteiger partial charge in [0.25, 0.3) is 0 Å². The van der Waals surface area contributed by atoms with E-state index in [1.54, 1.807) is 31.2 Å². The van der Waals surface area contributed by atoms with E-state index in [-0.39, 0.29) is 12.3 Å². The number of hydrogen-bond donors (Lipinski definition) is 2. The summed E-state index contributed by atoms with van der Waals surface area (Å²) in [6, 6.07) is 6.11. The van der Waals surface area contributed by atoms with Gasteiger partial charge in [-0.25, -0.2) is 4.79 Å². The van der Waals surface area contributed by atoms with Crippen molar-refractivity contribution >= 4 is 11.9 Å². The predicted octanol–water partition coefficient (Wildman–Crippen LogP) is 1.22. The van der Waals surface area contributed by atoms with Gasteiger partial charge in [-0.15, -0.1) is 5.92 Å². The van der Waals surface area contributed by atoms with Crippen LogP contribution in [0.2, 0.25) is 0 Å². The molecule has 1 amide bonds. The minimum absolute atomic E-state index is 0.226. The molecule has 0 aliphatic carbocycles. The van der Waals surface area contributed by atoms with Gasteiger partial charge in [-0.05, 0) is 24.6 Å². The average molecular weight is 275 g/mol. The van der Waals surface area contributed by atoms with E-state index in [4.69, 9.17) is 9.84 Å². The lowest BCUT2D eigenvalue weighted by Gasteiger charge is -2.13. The predicted molar refractivity (Wildman–Crippen MR) is 74.3 cm³/mol. The second kappa shape index (κ2) is 7.85. The second-order valence-corrected chi connectivity index (χ2v) is 4.15. The summed E-state index contributed by atoms with van der Waals surface area (Å²) in [5.74, 6) is 4.76. The summed E-state index contributed by atoms with van der Waals surface area (Å²) in [6.45, 7) is 3.35. The first-order valence-electron chi connectivity index (χ1n) is 6.14. The first-order chi connectivity index (χ1) is 9.52. The molecule has 1 atom stereocenters. The highest BCUT2D eigenvalue weighted by molar-refractivity contribution is 5.82. The third kappa shape index (κ3) is 5.44. The number of carboxylic acid groups (broad SMARTS) is 1. The van der Waals surface area contributed by atoms with E-state index in [0.29, 0.717) is 12.4 Å². The number of amides is 1. The van der Waals surface area contributed by atoms with Crippen LogP contribution in [0.1, 0.15) is 19.4 Å². The molecule has 0 saturated carbocycles. The van der Waals surface area contributed by atoms with Crippen molar-refractivity contribution < 1.29 is 19.4 Å². The minimum Gasteiger partial charge on any atom is -0.481 e. The van der Waals surface area contributed by atoms with Gasteiger partial charge in [0.1, 0.15) is 18.4 Å². The van der Waals surface area contributed by atoms with Crippen LogP contribution in [0, 0.1) is 11.8 Å². The normalized spacial score (nSPS) is 10.9. The number of aliphatic carboxylic acids is 1. The summed E-state index contributed by atoms with van der Waals surface area (Å²) in [6.07, 6.45) is 0.226. The fourth-order valence-corrected chi connectivity index (χ4v) is 1.59. The zero-order valence-electron chi connectivity index (χ0n) is 11.5. The number of hydrogen-bond acceptors (Lipinski definition) is 3. The van der Waals surface area contributed by atoms with Crippen molar-refractivity contribution in [3.05, 3.63) is 29.8 Å². The zero-order valence-corrected chi connectivity index (χ0v) is 11.5. The summed E-state index contributed by atoms with van der Waals surface area (Å²) in [4.78, 5) is 22.0. The van der Waals surface area contributed by atoms with E-state index in [0.717, 1.165) is 5.56 Å². The molecule has 0 spiro atoms. The molecule has 2 N–H and O–H groups in total. The molecule has 0 aliphatic rings. The monoisotopic (exact) mass is 275 g/mol. The molecule has 0 bridgehead atoms. The highest BCUT2D eigenvalue weighted by Crippen LogP contribution is 2.13. The lowest BCUT2D eigenvalue weighted by molar-refractivity contribution is -0.141. The molecule has 0 heterocycles. The van der Waals surface area contributed by atoms with Crippen molar-refractivity contribution in [1.82, 2.24) is 5.32 Å². The van der Waals surface area contributed by atoms with E-state index in [1.807, 2.05) is 0 Å². The molecular weight excluding hydrogens is 258 g/mol. The van der Waals surface area contributed by atoms with Crippen molar-refractivity contribution in [3.63, 3.8) is 0 Å². The topological polar surface area (TPSA) is 75.6 Å². The van der Waals surface area contributed by atoms with Crippen LogP contribution in [0.15, 0.2) is 24.3 Å². The number of ether oxygens (including phenoxy) is 1. The van der Waals surface area contributed by atoms with E-state index in [9.17, 15) is 9.59 Å². The summed E-state index contributed by atoms with van der Waals surface area (Å²) in [7, 11) is 0. The van der Waals surface area contributed by atoms with E-state index >= 15 is 0 Å². The quantitative estimate of drug-likeness (QED) is 0.765.